The van der Waals surface area contributed by atoms with Gasteiger partial charge in [0.2, 0.25) is 15.9 Å². The average molecular weight is 324 g/mol. The third kappa shape index (κ3) is 4.55. The van der Waals surface area contributed by atoms with Crippen molar-refractivity contribution in [2.75, 3.05) is 32.4 Å². The molecule has 0 bridgehead atoms. The second-order valence-corrected chi connectivity index (χ2v) is 7.89. The zero-order chi connectivity index (χ0) is 16.2. The Balaban J connectivity index is 1.93. The molecule has 0 aromatic heterocycles. The predicted octanol–water partition coefficient (Wildman–Crippen LogP) is 1.67. The molecule has 0 radical (unpaired) electrons. The minimum atomic E-state index is -3.17. The van der Waals surface area contributed by atoms with Crippen LogP contribution in [0.3, 0.4) is 0 Å². The van der Waals surface area contributed by atoms with Crippen LogP contribution in [0.2, 0.25) is 0 Å². The highest BCUT2D eigenvalue weighted by Crippen LogP contribution is 2.20. The zero-order valence-corrected chi connectivity index (χ0v) is 14.1. The average Bonchev–Trinajstić information content (AvgIpc) is 2.73. The van der Waals surface area contributed by atoms with Crippen molar-refractivity contribution in [3.8, 4) is 0 Å². The van der Waals surface area contributed by atoms with Gasteiger partial charge in [-0.3, -0.25) is 4.79 Å². The van der Waals surface area contributed by atoms with E-state index in [0.717, 1.165) is 5.56 Å². The maximum atomic E-state index is 12.4. The second-order valence-electron chi connectivity index (χ2n) is 5.91. The molecular formula is C16H24N2O3S. The van der Waals surface area contributed by atoms with Crippen LogP contribution in [0.5, 0.6) is 0 Å². The molecule has 1 saturated heterocycles. The van der Waals surface area contributed by atoms with E-state index in [2.05, 4.69) is 0 Å². The molecular weight excluding hydrogens is 300 g/mol. The normalized spacial score (nSPS) is 18.7. The summed E-state index contributed by atoms with van der Waals surface area (Å²) in [6.45, 7) is 4.05. The van der Waals surface area contributed by atoms with Crippen LogP contribution in [0, 0.1) is 0 Å². The van der Waals surface area contributed by atoms with E-state index in [1.807, 2.05) is 37.3 Å². The Morgan fingerprint density at radius 2 is 1.82 bits per heavy atom. The largest absolute Gasteiger partial charge is 0.341 e. The van der Waals surface area contributed by atoms with Gasteiger partial charge in [0.15, 0.2) is 0 Å². The van der Waals surface area contributed by atoms with E-state index in [-0.39, 0.29) is 11.8 Å². The highest BCUT2D eigenvalue weighted by Gasteiger charge is 2.24. The molecule has 0 N–H and O–H groups in total. The van der Waals surface area contributed by atoms with Crippen molar-refractivity contribution in [1.29, 1.82) is 0 Å². The molecule has 1 aliphatic rings. The molecule has 1 aliphatic heterocycles. The maximum absolute atomic E-state index is 12.4. The number of hydrogen-bond donors (Lipinski definition) is 0. The van der Waals surface area contributed by atoms with E-state index < -0.39 is 10.0 Å². The molecule has 2 rings (SSSR count). The Bertz CT molecular complexity index is 601. The maximum Gasteiger partial charge on any atom is 0.223 e. The summed E-state index contributed by atoms with van der Waals surface area (Å²) in [7, 11) is -3.17. The molecule has 0 spiro atoms. The summed E-state index contributed by atoms with van der Waals surface area (Å²) in [5.41, 5.74) is 1.16. The van der Waals surface area contributed by atoms with E-state index in [0.29, 0.717) is 39.0 Å². The standard InChI is InChI=1S/C16H24N2O3S/c1-14(15-7-4-3-5-8-15)13-16(19)17-9-6-10-18(12-11-17)22(2,20)21/h3-5,7-8,14H,6,9-13H2,1-2H3/t14-/m1/s1. The number of hydrogen-bond acceptors (Lipinski definition) is 3. The Labute approximate surface area is 133 Å². The molecule has 6 heteroatoms. The molecule has 1 aromatic carbocycles. The molecule has 5 nitrogen and oxygen atoms in total. The van der Waals surface area contributed by atoms with E-state index in [9.17, 15) is 13.2 Å². The molecule has 0 aliphatic carbocycles. The van der Waals surface area contributed by atoms with E-state index in [1.165, 1.54) is 10.6 Å². The summed E-state index contributed by atoms with van der Waals surface area (Å²) in [5.74, 6) is 0.273. The van der Waals surface area contributed by atoms with Gasteiger partial charge in [0.05, 0.1) is 6.26 Å². The molecule has 1 heterocycles. The molecule has 1 atom stereocenters. The summed E-state index contributed by atoms with van der Waals surface area (Å²) >= 11 is 0. The first-order chi connectivity index (χ1) is 10.4. The van der Waals surface area contributed by atoms with Crippen LogP contribution in [0.4, 0.5) is 0 Å². The summed E-state index contributed by atoms with van der Waals surface area (Å²) in [5, 5.41) is 0. The number of amides is 1. The molecule has 1 amide bonds. The van der Waals surface area contributed by atoms with Crippen molar-refractivity contribution in [3.63, 3.8) is 0 Å². The minimum Gasteiger partial charge on any atom is -0.341 e. The van der Waals surface area contributed by atoms with Crippen LogP contribution >= 0.6 is 0 Å². The van der Waals surface area contributed by atoms with Gasteiger partial charge < -0.3 is 4.90 Å². The molecule has 122 valence electrons. The van der Waals surface area contributed by atoms with Crippen LogP contribution in [-0.4, -0.2) is 56.0 Å². The number of carbonyl (C=O) groups excluding carboxylic acids is 1. The van der Waals surface area contributed by atoms with Gasteiger partial charge in [-0.1, -0.05) is 37.3 Å². The number of benzene rings is 1. The van der Waals surface area contributed by atoms with Crippen molar-refractivity contribution >= 4 is 15.9 Å². The van der Waals surface area contributed by atoms with Crippen LogP contribution in [0.15, 0.2) is 30.3 Å². The number of sulfonamides is 1. The topological polar surface area (TPSA) is 57.7 Å². The molecule has 22 heavy (non-hydrogen) atoms. The van der Waals surface area contributed by atoms with Crippen LogP contribution in [0.25, 0.3) is 0 Å². The van der Waals surface area contributed by atoms with Crippen molar-refractivity contribution in [2.24, 2.45) is 0 Å². The Hall–Kier alpha value is -1.40. The third-order valence-electron chi connectivity index (χ3n) is 4.13. The summed E-state index contributed by atoms with van der Waals surface area (Å²) in [6.07, 6.45) is 2.38. The number of nitrogens with zero attached hydrogens (tertiary/aromatic N) is 2. The summed E-state index contributed by atoms with van der Waals surface area (Å²) in [6, 6.07) is 9.99. The lowest BCUT2D eigenvalue weighted by atomic mass is 9.97. The fraction of sp³-hybridized carbons (Fsp3) is 0.562. The van der Waals surface area contributed by atoms with E-state index >= 15 is 0 Å². The van der Waals surface area contributed by atoms with Gasteiger partial charge in [0.25, 0.3) is 0 Å². The second kappa shape index (κ2) is 7.24. The third-order valence-corrected chi connectivity index (χ3v) is 5.43. The lowest BCUT2D eigenvalue weighted by Gasteiger charge is -2.23. The Morgan fingerprint density at radius 1 is 1.14 bits per heavy atom. The van der Waals surface area contributed by atoms with Gasteiger partial charge in [0, 0.05) is 32.6 Å². The quantitative estimate of drug-likeness (QED) is 0.846. The fourth-order valence-electron chi connectivity index (χ4n) is 2.77. The molecule has 0 unspecified atom stereocenters. The summed E-state index contributed by atoms with van der Waals surface area (Å²) < 4.78 is 24.7. The first-order valence-corrected chi connectivity index (χ1v) is 9.50. The smallest absolute Gasteiger partial charge is 0.223 e. The highest BCUT2D eigenvalue weighted by molar-refractivity contribution is 7.88. The van der Waals surface area contributed by atoms with Crippen molar-refractivity contribution in [1.82, 2.24) is 9.21 Å². The Kier molecular flexibility index (Phi) is 5.58. The van der Waals surface area contributed by atoms with Crippen molar-refractivity contribution < 1.29 is 13.2 Å². The first-order valence-electron chi connectivity index (χ1n) is 7.66. The molecule has 1 aromatic rings. The predicted molar refractivity (Wildman–Crippen MR) is 87.1 cm³/mol. The van der Waals surface area contributed by atoms with Gasteiger partial charge in [-0.05, 0) is 17.9 Å². The number of carbonyl (C=O) groups is 1. The first kappa shape index (κ1) is 17.0. The SMILES string of the molecule is C[C@H](CC(=O)N1CCCN(S(C)(=O)=O)CC1)c1ccccc1. The van der Waals surface area contributed by atoms with E-state index in [4.69, 9.17) is 0 Å². The fourth-order valence-corrected chi connectivity index (χ4v) is 3.64. The van der Waals surface area contributed by atoms with E-state index in [1.54, 1.807) is 4.90 Å². The molecule has 0 saturated carbocycles. The van der Waals surface area contributed by atoms with Crippen molar-refractivity contribution in [2.45, 2.75) is 25.7 Å². The Morgan fingerprint density at radius 3 is 2.45 bits per heavy atom. The van der Waals surface area contributed by atoms with Gasteiger partial charge in [0.1, 0.15) is 0 Å². The van der Waals surface area contributed by atoms with Crippen molar-refractivity contribution in [3.05, 3.63) is 35.9 Å². The van der Waals surface area contributed by atoms with Crippen LogP contribution < -0.4 is 0 Å². The van der Waals surface area contributed by atoms with Crippen LogP contribution in [-0.2, 0) is 14.8 Å². The van der Waals surface area contributed by atoms with Gasteiger partial charge >= 0.3 is 0 Å². The minimum absolute atomic E-state index is 0.103. The van der Waals surface area contributed by atoms with Gasteiger partial charge in [-0.15, -0.1) is 0 Å². The lowest BCUT2D eigenvalue weighted by molar-refractivity contribution is -0.131. The monoisotopic (exact) mass is 324 g/mol. The summed E-state index contributed by atoms with van der Waals surface area (Å²) in [4.78, 5) is 14.2. The highest BCUT2D eigenvalue weighted by atomic mass is 32.2. The molecule has 1 fully saturated rings. The lowest BCUT2D eigenvalue weighted by Crippen LogP contribution is -2.37. The number of rotatable bonds is 4. The van der Waals surface area contributed by atoms with Gasteiger partial charge in [-0.2, -0.15) is 0 Å². The van der Waals surface area contributed by atoms with Crippen LogP contribution in [0.1, 0.15) is 31.2 Å². The zero-order valence-electron chi connectivity index (χ0n) is 13.2. The van der Waals surface area contributed by atoms with Gasteiger partial charge in [-0.25, -0.2) is 12.7 Å².